The minimum absolute atomic E-state index is 0.0761. The molecule has 5 nitrogen and oxygen atoms in total. The molecule has 18 heavy (non-hydrogen) atoms. The topological polar surface area (TPSA) is 83.5 Å². The lowest BCUT2D eigenvalue weighted by Crippen LogP contribution is -2.24. The van der Waals surface area contributed by atoms with Crippen molar-refractivity contribution in [2.24, 2.45) is 5.92 Å². The van der Waals surface area contributed by atoms with Crippen molar-refractivity contribution in [3.63, 3.8) is 0 Å². The van der Waals surface area contributed by atoms with E-state index in [0.717, 1.165) is 0 Å². The fraction of sp³-hybridized carbons (Fsp3) is 0.417. The molecule has 0 aromatic heterocycles. The quantitative estimate of drug-likeness (QED) is 0.839. The molecule has 0 spiro atoms. The molecule has 1 amide bonds. The molecule has 1 fully saturated rings. The van der Waals surface area contributed by atoms with Crippen molar-refractivity contribution >= 4 is 21.4 Å². The van der Waals surface area contributed by atoms with Gasteiger partial charge in [-0.3, -0.25) is 4.79 Å². The number of hydrogen-bond donors (Lipinski definition) is 2. The number of aliphatic hydroxyl groups is 1. The highest BCUT2D eigenvalue weighted by molar-refractivity contribution is 7.91. The van der Waals surface area contributed by atoms with E-state index >= 15 is 0 Å². The summed E-state index contributed by atoms with van der Waals surface area (Å²) in [6.07, 6.45) is 0.370. The largest absolute Gasteiger partial charge is 0.392 e. The predicted molar refractivity (Wildman–Crippen MR) is 67.8 cm³/mol. The number of amides is 1. The summed E-state index contributed by atoms with van der Waals surface area (Å²) in [4.78, 5) is 11.9. The molecule has 98 valence electrons. The van der Waals surface area contributed by atoms with Crippen LogP contribution in [0.5, 0.6) is 0 Å². The molecule has 0 radical (unpaired) electrons. The molecule has 1 aliphatic heterocycles. The average molecular weight is 269 g/mol. The molecular formula is C12H15NO4S. The Morgan fingerprint density at radius 1 is 1.39 bits per heavy atom. The molecule has 6 heteroatoms. The number of rotatable bonds is 3. The first-order valence-electron chi connectivity index (χ1n) is 5.72. The van der Waals surface area contributed by atoms with Crippen molar-refractivity contribution in [3.8, 4) is 0 Å². The van der Waals surface area contributed by atoms with Crippen molar-refractivity contribution in [1.29, 1.82) is 0 Å². The van der Waals surface area contributed by atoms with Crippen molar-refractivity contribution in [1.82, 2.24) is 0 Å². The van der Waals surface area contributed by atoms with Gasteiger partial charge in [-0.25, -0.2) is 8.42 Å². The van der Waals surface area contributed by atoms with E-state index in [0.29, 0.717) is 17.7 Å². The number of hydrogen-bond acceptors (Lipinski definition) is 4. The van der Waals surface area contributed by atoms with E-state index in [1.165, 1.54) is 0 Å². The van der Waals surface area contributed by atoms with Crippen molar-refractivity contribution in [3.05, 3.63) is 29.8 Å². The molecule has 1 heterocycles. The Bertz CT molecular complexity index is 553. The molecule has 0 bridgehead atoms. The number of sulfone groups is 1. The number of anilines is 1. The molecule has 2 rings (SSSR count). The van der Waals surface area contributed by atoms with Crippen LogP contribution in [0.2, 0.25) is 0 Å². The fourth-order valence-electron chi connectivity index (χ4n) is 2.02. The zero-order chi connectivity index (χ0) is 13.2. The summed E-state index contributed by atoms with van der Waals surface area (Å²) in [6, 6.07) is 6.91. The molecular weight excluding hydrogens is 254 g/mol. The third kappa shape index (κ3) is 2.88. The minimum Gasteiger partial charge on any atom is -0.392 e. The van der Waals surface area contributed by atoms with Crippen LogP contribution in [0.3, 0.4) is 0 Å². The second-order valence-corrected chi connectivity index (χ2v) is 6.63. The Labute approximate surface area is 106 Å². The summed E-state index contributed by atoms with van der Waals surface area (Å²) >= 11 is 0. The van der Waals surface area contributed by atoms with Crippen LogP contribution in [-0.4, -0.2) is 30.9 Å². The van der Waals surface area contributed by atoms with E-state index in [-0.39, 0.29) is 24.0 Å². The van der Waals surface area contributed by atoms with E-state index in [9.17, 15) is 13.2 Å². The van der Waals surface area contributed by atoms with Gasteiger partial charge in [-0.2, -0.15) is 0 Å². The minimum atomic E-state index is -3.06. The first-order valence-corrected chi connectivity index (χ1v) is 7.54. The highest BCUT2D eigenvalue weighted by Crippen LogP contribution is 2.22. The van der Waals surface area contributed by atoms with Gasteiger partial charge in [0.05, 0.1) is 24.0 Å². The van der Waals surface area contributed by atoms with Gasteiger partial charge in [-0.15, -0.1) is 0 Å². The summed E-state index contributed by atoms with van der Waals surface area (Å²) in [5.74, 6) is -0.786. The van der Waals surface area contributed by atoms with E-state index in [1.807, 2.05) is 0 Å². The van der Waals surface area contributed by atoms with E-state index < -0.39 is 15.8 Å². The van der Waals surface area contributed by atoms with Gasteiger partial charge >= 0.3 is 0 Å². The molecule has 0 saturated carbocycles. The van der Waals surface area contributed by atoms with Gasteiger partial charge < -0.3 is 10.4 Å². The van der Waals surface area contributed by atoms with Gasteiger partial charge in [-0.1, -0.05) is 18.2 Å². The van der Waals surface area contributed by atoms with Crippen LogP contribution in [0.25, 0.3) is 0 Å². The zero-order valence-electron chi connectivity index (χ0n) is 9.80. The average Bonchev–Trinajstić information content (AvgIpc) is 2.70. The third-order valence-corrected chi connectivity index (χ3v) is 4.82. The summed E-state index contributed by atoms with van der Waals surface area (Å²) in [7, 11) is -3.06. The molecule has 1 atom stereocenters. The SMILES string of the molecule is O=C(Nc1ccccc1CO)C1CCS(=O)(=O)C1. The van der Waals surface area contributed by atoms with E-state index in [1.54, 1.807) is 24.3 Å². The van der Waals surface area contributed by atoms with Crippen LogP contribution in [0.4, 0.5) is 5.69 Å². The van der Waals surface area contributed by atoms with Crippen LogP contribution in [0, 0.1) is 5.92 Å². The maximum Gasteiger partial charge on any atom is 0.228 e. The highest BCUT2D eigenvalue weighted by Gasteiger charge is 2.33. The normalized spacial score (nSPS) is 21.7. The lowest BCUT2D eigenvalue weighted by molar-refractivity contribution is -0.119. The lowest BCUT2D eigenvalue weighted by atomic mass is 10.1. The van der Waals surface area contributed by atoms with E-state index in [4.69, 9.17) is 5.11 Å². The van der Waals surface area contributed by atoms with Crippen molar-refractivity contribution in [2.45, 2.75) is 13.0 Å². The first kappa shape index (κ1) is 13.0. The van der Waals surface area contributed by atoms with Gasteiger partial charge in [0, 0.05) is 11.3 Å². The summed E-state index contributed by atoms with van der Waals surface area (Å²) in [5, 5.41) is 11.8. The number of nitrogens with one attached hydrogen (secondary N) is 1. The second kappa shape index (κ2) is 5.07. The molecule has 0 aliphatic carbocycles. The van der Waals surface area contributed by atoms with Gasteiger partial charge in [0.25, 0.3) is 0 Å². The number of carbonyl (C=O) groups excluding carboxylic acids is 1. The molecule has 1 saturated heterocycles. The number of carbonyl (C=O) groups is 1. The van der Waals surface area contributed by atoms with Crippen LogP contribution in [0.15, 0.2) is 24.3 Å². The van der Waals surface area contributed by atoms with Gasteiger partial charge in [0.15, 0.2) is 9.84 Å². The summed E-state index contributed by atoms with van der Waals surface area (Å²) < 4.78 is 22.6. The number of aliphatic hydroxyl groups excluding tert-OH is 1. The molecule has 1 unspecified atom stereocenters. The predicted octanol–water partition coefficient (Wildman–Crippen LogP) is 0.552. The third-order valence-electron chi connectivity index (χ3n) is 3.05. The Balaban J connectivity index is 2.08. The van der Waals surface area contributed by atoms with Crippen molar-refractivity contribution in [2.75, 3.05) is 16.8 Å². The van der Waals surface area contributed by atoms with Crippen LogP contribution >= 0.6 is 0 Å². The Morgan fingerprint density at radius 3 is 2.72 bits per heavy atom. The first-order chi connectivity index (χ1) is 8.52. The standard InChI is InChI=1S/C12H15NO4S/c14-7-9-3-1-2-4-11(9)13-12(15)10-5-6-18(16,17)8-10/h1-4,10,14H,5-8H2,(H,13,15). The summed E-state index contributed by atoms with van der Waals surface area (Å²) in [5.41, 5.74) is 1.15. The second-order valence-electron chi connectivity index (χ2n) is 4.40. The van der Waals surface area contributed by atoms with Crippen LogP contribution < -0.4 is 5.32 Å². The van der Waals surface area contributed by atoms with Crippen LogP contribution in [-0.2, 0) is 21.2 Å². The van der Waals surface area contributed by atoms with Crippen molar-refractivity contribution < 1.29 is 18.3 Å². The molecule has 2 N–H and O–H groups in total. The Kier molecular flexibility index (Phi) is 3.68. The lowest BCUT2D eigenvalue weighted by Gasteiger charge is -2.12. The molecule has 1 aliphatic rings. The monoisotopic (exact) mass is 269 g/mol. The number of benzene rings is 1. The summed E-state index contributed by atoms with van der Waals surface area (Å²) in [6.45, 7) is -0.167. The van der Waals surface area contributed by atoms with E-state index in [2.05, 4.69) is 5.32 Å². The maximum absolute atomic E-state index is 11.9. The van der Waals surface area contributed by atoms with Crippen LogP contribution in [0.1, 0.15) is 12.0 Å². The molecule has 1 aromatic carbocycles. The highest BCUT2D eigenvalue weighted by atomic mass is 32.2. The van der Waals surface area contributed by atoms with Gasteiger partial charge in [0.2, 0.25) is 5.91 Å². The Morgan fingerprint density at radius 2 is 2.11 bits per heavy atom. The Hall–Kier alpha value is -1.40. The van der Waals surface area contributed by atoms with Gasteiger partial charge in [0.1, 0.15) is 0 Å². The maximum atomic E-state index is 11.9. The molecule has 1 aromatic rings. The fourth-order valence-corrected chi connectivity index (χ4v) is 3.76. The van der Waals surface area contributed by atoms with Gasteiger partial charge in [-0.05, 0) is 12.5 Å². The smallest absolute Gasteiger partial charge is 0.228 e. The number of para-hydroxylation sites is 1. The zero-order valence-corrected chi connectivity index (χ0v) is 10.6.